The molecule has 0 aliphatic carbocycles. The van der Waals surface area contributed by atoms with Gasteiger partial charge in [-0.2, -0.15) is 0 Å². The van der Waals surface area contributed by atoms with Gasteiger partial charge < -0.3 is 25.2 Å². The highest BCUT2D eigenvalue weighted by Gasteiger charge is 2.28. The van der Waals surface area contributed by atoms with Gasteiger partial charge in [0.1, 0.15) is 12.7 Å². The number of aliphatic carboxylic acids is 1. The summed E-state index contributed by atoms with van der Waals surface area (Å²) in [7, 11) is -4.72. The first-order chi connectivity index (χ1) is 19.6. The van der Waals surface area contributed by atoms with Gasteiger partial charge in [0, 0.05) is 12.8 Å². The summed E-state index contributed by atoms with van der Waals surface area (Å²) in [6.45, 7) is 2.09. The Labute approximate surface area is 245 Å². The van der Waals surface area contributed by atoms with Crippen molar-refractivity contribution in [2.45, 2.75) is 122 Å². The van der Waals surface area contributed by atoms with Crippen LogP contribution in [-0.2, 0) is 32.7 Å². The average molecular weight is 606 g/mol. The average Bonchev–Trinajstić information content (AvgIpc) is 2.92. The van der Waals surface area contributed by atoms with Crippen molar-refractivity contribution >= 4 is 25.7 Å². The van der Waals surface area contributed by atoms with E-state index in [2.05, 4.69) is 45.6 Å². The van der Waals surface area contributed by atoms with Crippen LogP contribution in [0.1, 0.15) is 110 Å². The van der Waals surface area contributed by atoms with E-state index in [4.69, 9.17) is 4.74 Å². The number of ether oxygens (including phenoxy) is 1. The zero-order valence-corrected chi connectivity index (χ0v) is 25.7. The summed E-state index contributed by atoms with van der Waals surface area (Å²) < 4.78 is 26.0. The molecule has 0 aliphatic heterocycles. The molecule has 3 atom stereocenters. The number of carbonyl (C=O) groups is 3. The number of hydrogen-bond acceptors (Lipinski definition) is 8. The molecular weight excluding hydrogens is 553 g/mol. The largest absolute Gasteiger partial charge is 0.480 e. The molecule has 0 aromatic carbocycles. The Kier molecular flexibility index (Phi) is 24.4. The van der Waals surface area contributed by atoms with Gasteiger partial charge in [-0.25, -0.2) is 9.36 Å². The fraction of sp³-hybridized carbons (Fsp3) is 0.759. The molecular formula is C29H52NO10P. The lowest BCUT2D eigenvalue weighted by Gasteiger charge is -2.18. The van der Waals surface area contributed by atoms with Gasteiger partial charge in [0.15, 0.2) is 6.04 Å². The number of carboxylic acids is 1. The van der Waals surface area contributed by atoms with E-state index in [1.54, 1.807) is 6.92 Å². The van der Waals surface area contributed by atoms with Crippen LogP contribution >= 0.6 is 7.82 Å². The highest BCUT2D eigenvalue weighted by atomic mass is 31.2. The minimum absolute atomic E-state index is 0.130. The first-order valence-corrected chi connectivity index (χ1v) is 16.4. The van der Waals surface area contributed by atoms with Gasteiger partial charge in [-0.05, 0) is 44.9 Å². The first-order valence-electron chi connectivity index (χ1n) is 14.9. The number of unbranched alkanes of at least 4 members (excludes halogenated alkanes) is 9. The maximum atomic E-state index is 12.1. The maximum absolute atomic E-state index is 12.1. The summed E-state index contributed by atoms with van der Waals surface area (Å²) in [5.41, 5.74) is 0. The normalized spacial score (nSPS) is 14.6. The molecule has 41 heavy (non-hydrogen) atoms. The topological polar surface area (TPSA) is 169 Å². The number of allylic oxidation sites excluding steroid dienone is 4. The van der Waals surface area contributed by atoms with E-state index in [-0.39, 0.29) is 12.8 Å². The number of amides is 1. The molecule has 0 rings (SSSR count). The van der Waals surface area contributed by atoms with Crippen LogP contribution in [0.2, 0.25) is 0 Å². The smallest absolute Gasteiger partial charge is 0.472 e. The summed E-state index contributed by atoms with van der Waals surface area (Å²) in [5.74, 6) is -2.46. The van der Waals surface area contributed by atoms with E-state index in [9.17, 15) is 34.1 Å². The molecule has 0 spiro atoms. The fourth-order valence-electron chi connectivity index (χ4n) is 3.61. The highest BCUT2D eigenvalue weighted by Crippen LogP contribution is 2.43. The second-order valence-electron chi connectivity index (χ2n) is 9.94. The maximum Gasteiger partial charge on any atom is 0.472 e. The van der Waals surface area contributed by atoms with E-state index in [1.807, 2.05) is 0 Å². The lowest BCUT2D eigenvalue weighted by molar-refractivity contribution is -0.147. The predicted molar refractivity (Wildman–Crippen MR) is 157 cm³/mol. The van der Waals surface area contributed by atoms with Crippen molar-refractivity contribution in [3.63, 3.8) is 0 Å². The van der Waals surface area contributed by atoms with Crippen LogP contribution in [0.15, 0.2) is 24.3 Å². The summed E-state index contributed by atoms with van der Waals surface area (Å²) in [6.07, 6.45) is 21.2. The van der Waals surface area contributed by atoms with Crippen LogP contribution in [0.3, 0.4) is 0 Å². The van der Waals surface area contributed by atoms with Crippen molar-refractivity contribution in [1.82, 2.24) is 5.32 Å². The van der Waals surface area contributed by atoms with Gasteiger partial charge >= 0.3 is 19.8 Å². The second-order valence-corrected chi connectivity index (χ2v) is 11.4. The minimum Gasteiger partial charge on any atom is -0.480 e. The quantitative estimate of drug-likeness (QED) is 0.0400. The van der Waals surface area contributed by atoms with Gasteiger partial charge in [0.2, 0.25) is 5.91 Å². The van der Waals surface area contributed by atoms with E-state index in [1.165, 1.54) is 25.7 Å². The summed E-state index contributed by atoms with van der Waals surface area (Å²) >= 11 is 0. The van der Waals surface area contributed by atoms with Crippen LogP contribution in [0.4, 0.5) is 0 Å². The Hall–Kier alpha value is -2.04. The van der Waals surface area contributed by atoms with Gasteiger partial charge in [-0.15, -0.1) is 0 Å². The summed E-state index contributed by atoms with van der Waals surface area (Å²) in [5, 5.41) is 21.3. The molecule has 0 aromatic heterocycles. The zero-order chi connectivity index (χ0) is 30.8. The SMILES string of the molecule is CCCCCC/C=C\C/C=C\CCCCCCCC(=O)NC(COP(=O)(O)OCC(O)COC(=O)CCC)C(=O)O. The number of aliphatic hydroxyl groups is 1. The zero-order valence-electron chi connectivity index (χ0n) is 24.8. The third-order valence-corrected chi connectivity index (χ3v) is 6.91. The number of hydrogen-bond donors (Lipinski definition) is 4. The van der Waals surface area contributed by atoms with E-state index >= 15 is 0 Å². The van der Waals surface area contributed by atoms with E-state index in [0.717, 1.165) is 44.9 Å². The number of phosphoric acid groups is 1. The molecule has 0 bridgehead atoms. The number of nitrogens with one attached hydrogen (secondary N) is 1. The van der Waals surface area contributed by atoms with Crippen molar-refractivity contribution in [2.24, 2.45) is 0 Å². The molecule has 12 heteroatoms. The van der Waals surface area contributed by atoms with Crippen LogP contribution in [0.5, 0.6) is 0 Å². The third kappa shape index (κ3) is 25.4. The summed E-state index contributed by atoms with van der Waals surface area (Å²) in [6, 6.07) is -1.55. The molecule has 238 valence electrons. The monoisotopic (exact) mass is 605 g/mol. The van der Waals surface area contributed by atoms with Crippen molar-refractivity contribution < 1.29 is 47.8 Å². The number of aliphatic hydroxyl groups excluding tert-OH is 1. The van der Waals surface area contributed by atoms with Crippen LogP contribution in [-0.4, -0.2) is 64.9 Å². The molecule has 0 radical (unpaired) electrons. The molecule has 0 aromatic rings. The molecule has 1 amide bonds. The van der Waals surface area contributed by atoms with Crippen LogP contribution in [0, 0.1) is 0 Å². The molecule has 0 fully saturated rings. The molecule has 11 nitrogen and oxygen atoms in total. The van der Waals surface area contributed by atoms with Crippen LogP contribution in [0.25, 0.3) is 0 Å². The van der Waals surface area contributed by atoms with Crippen molar-refractivity contribution in [1.29, 1.82) is 0 Å². The molecule has 0 aliphatic rings. The number of carbonyl (C=O) groups excluding carboxylic acids is 2. The lowest BCUT2D eigenvalue weighted by Crippen LogP contribution is -2.43. The minimum atomic E-state index is -4.72. The van der Waals surface area contributed by atoms with Gasteiger partial charge in [0.05, 0.1) is 13.2 Å². The van der Waals surface area contributed by atoms with Crippen molar-refractivity contribution in [2.75, 3.05) is 19.8 Å². The second kappa shape index (κ2) is 25.7. The van der Waals surface area contributed by atoms with Gasteiger partial charge in [-0.3, -0.25) is 18.6 Å². The van der Waals surface area contributed by atoms with Gasteiger partial charge in [-0.1, -0.05) is 76.7 Å². The number of carboxylic acid groups (broad SMARTS) is 1. The fourth-order valence-corrected chi connectivity index (χ4v) is 4.39. The van der Waals surface area contributed by atoms with Crippen molar-refractivity contribution in [3.05, 3.63) is 24.3 Å². The third-order valence-electron chi connectivity index (χ3n) is 5.96. The Morgan fingerprint density at radius 1 is 0.780 bits per heavy atom. The lowest BCUT2D eigenvalue weighted by atomic mass is 10.1. The molecule has 3 unspecified atom stereocenters. The first kappa shape index (κ1) is 39.0. The molecule has 0 heterocycles. The number of phosphoric ester groups is 1. The Morgan fingerprint density at radius 2 is 1.37 bits per heavy atom. The number of rotatable bonds is 27. The van der Waals surface area contributed by atoms with E-state index < -0.39 is 57.6 Å². The molecule has 4 N–H and O–H groups in total. The number of esters is 1. The Balaban J connectivity index is 4.01. The Morgan fingerprint density at radius 3 is 1.98 bits per heavy atom. The molecule has 0 saturated carbocycles. The van der Waals surface area contributed by atoms with Crippen molar-refractivity contribution in [3.8, 4) is 0 Å². The highest BCUT2D eigenvalue weighted by molar-refractivity contribution is 7.47. The van der Waals surface area contributed by atoms with Gasteiger partial charge in [0.25, 0.3) is 0 Å². The standard InChI is InChI=1S/C29H52NO10P/c1-3-5-6-7-8-9-10-11-12-13-14-15-16-17-18-19-21-27(32)30-26(29(34)35)24-40-41(36,37)39-23-25(31)22-38-28(33)20-4-2/h9-10,12-13,25-26,31H,3-8,11,14-24H2,1-2H3,(H,30,32)(H,34,35)(H,36,37)/b10-9-,13-12-. The summed E-state index contributed by atoms with van der Waals surface area (Å²) in [4.78, 5) is 44.6. The predicted octanol–water partition coefficient (Wildman–Crippen LogP) is 5.60. The Bertz CT molecular complexity index is 817. The molecule has 0 saturated heterocycles. The van der Waals surface area contributed by atoms with Crippen LogP contribution < -0.4 is 5.32 Å². The van der Waals surface area contributed by atoms with E-state index in [0.29, 0.717) is 12.8 Å².